The number of rotatable bonds is 5. The highest BCUT2D eigenvalue weighted by molar-refractivity contribution is 5.97. The molecule has 6 rings (SSSR count). The molecule has 2 heterocycles. The molecule has 0 saturated carbocycles. The molecule has 0 fully saturated rings. The largest absolute Gasteiger partial charge is 0.456 e. The second-order valence-corrected chi connectivity index (χ2v) is 9.23. The van der Waals surface area contributed by atoms with E-state index in [1.807, 2.05) is 66.7 Å². The third-order valence-corrected chi connectivity index (χ3v) is 7.22. The first kappa shape index (κ1) is 22.2. The Bertz CT molecular complexity index is 1480. The van der Waals surface area contributed by atoms with Crippen LogP contribution in [0.4, 0.5) is 17.1 Å². The molecule has 0 bridgehead atoms. The lowest BCUT2D eigenvalue weighted by Crippen LogP contribution is -2.34. The Kier molecular flexibility index (Phi) is 5.22. The third-order valence-electron chi connectivity index (χ3n) is 7.22. The van der Waals surface area contributed by atoms with E-state index in [0.717, 1.165) is 52.4 Å². The highest BCUT2D eigenvalue weighted by atomic mass is 16.6. The number of nitrogens with zero attached hydrogens (tertiary/aromatic N) is 1. The average Bonchev–Trinajstić information content (AvgIpc) is 3.20. The molecular weight excluding hydrogens is 448 g/mol. The minimum absolute atomic E-state index is 0.318. The first-order valence-corrected chi connectivity index (χ1v) is 12.4. The smallest absolute Gasteiger partial charge is 0.340 e. The van der Waals surface area contributed by atoms with Crippen molar-refractivity contribution in [2.75, 3.05) is 23.3 Å². The second kappa shape index (κ2) is 8.45. The van der Waals surface area contributed by atoms with E-state index in [4.69, 9.17) is 9.47 Å². The molecule has 1 spiro atoms. The molecule has 180 valence electrons. The van der Waals surface area contributed by atoms with Crippen molar-refractivity contribution in [1.82, 2.24) is 0 Å². The van der Waals surface area contributed by atoms with Gasteiger partial charge in [-0.3, -0.25) is 0 Å². The third kappa shape index (κ3) is 3.27. The Hall–Kier alpha value is -4.25. The SMILES string of the molecule is CCN(CC)c1ccc2c(c1)C1(OC(=O)c3ccccc31)c1cc(C)c(Nc3ccccc3)cc1O2. The van der Waals surface area contributed by atoms with Crippen LogP contribution >= 0.6 is 0 Å². The van der Waals surface area contributed by atoms with E-state index in [0.29, 0.717) is 17.1 Å². The Morgan fingerprint density at radius 1 is 0.806 bits per heavy atom. The van der Waals surface area contributed by atoms with Gasteiger partial charge in [0, 0.05) is 52.9 Å². The fraction of sp³-hybridized carbons (Fsp3) is 0.194. The zero-order chi connectivity index (χ0) is 24.9. The maximum absolute atomic E-state index is 13.2. The summed E-state index contributed by atoms with van der Waals surface area (Å²) in [5, 5.41) is 3.50. The fourth-order valence-electron chi connectivity index (χ4n) is 5.41. The average molecular weight is 477 g/mol. The molecule has 2 aliphatic rings. The van der Waals surface area contributed by atoms with E-state index in [-0.39, 0.29) is 5.97 Å². The lowest BCUT2D eigenvalue weighted by Gasteiger charge is -2.38. The van der Waals surface area contributed by atoms with Gasteiger partial charge in [0.15, 0.2) is 5.60 Å². The number of hydrogen-bond acceptors (Lipinski definition) is 5. The van der Waals surface area contributed by atoms with Crippen LogP contribution in [0, 0.1) is 6.92 Å². The minimum Gasteiger partial charge on any atom is -0.456 e. The topological polar surface area (TPSA) is 50.8 Å². The van der Waals surface area contributed by atoms with Gasteiger partial charge in [-0.2, -0.15) is 0 Å². The zero-order valence-electron chi connectivity index (χ0n) is 20.7. The van der Waals surface area contributed by atoms with Crippen LogP contribution in [0.2, 0.25) is 0 Å². The van der Waals surface area contributed by atoms with Gasteiger partial charge >= 0.3 is 5.97 Å². The van der Waals surface area contributed by atoms with E-state index in [1.165, 1.54) is 0 Å². The van der Waals surface area contributed by atoms with Crippen molar-refractivity contribution in [3.8, 4) is 11.5 Å². The van der Waals surface area contributed by atoms with E-state index in [9.17, 15) is 4.79 Å². The number of hydrogen-bond donors (Lipinski definition) is 1. The van der Waals surface area contributed by atoms with Crippen molar-refractivity contribution in [2.24, 2.45) is 0 Å². The van der Waals surface area contributed by atoms with Gasteiger partial charge in [-0.05, 0) is 68.8 Å². The molecule has 0 amide bonds. The standard InChI is InChI=1S/C31H28N2O3/c1-4-33(5-2)22-15-16-28-26(18-22)31(24-14-10-9-13-23(24)30(34)36-31)25-17-20(3)27(19-29(25)35-28)32-21-11-7-6-8-12-21/h6-19,32H,4-5H2,1-3H3. The van der Waals surface area contributed by atoms with E-state index in [2.05, 4.69) is 49.2 Å². The highest BCUT2D eigenvalue weighted by Crippen LogP contribution is 2.57. The number of benzene rings is 4. The minimum atomic E-state index is -1.07. The van der Waals surface area contributed by atoms with Crippen LogP contribution in [0.1, 0.15) is 46.5 Å². The number of carbonyl (C=O) groups is 1. The lowest BCUT2D eigenvalue weighted by molar-refractivity contribution is 0.0224. The number of anilines is 3. The number of ether oxygens (including phenoxy) is 2. The monoisotopic (exact) mass is 476 g/mol. The van der Waals surface area contributed by atoms with Crippen molar-refractivity contribution >= 4 is 23.0 Å². The number of nitrogens with one attached hydrogen (secondary N) is 1. The van der Waals surface area contributed by atoms with Crippen LogP contribution < -0.4 is 15.0 Å². The summed E-state index contributed by atoms with van der Waals surface area (Å²) in [6, 6.07) is 28.0. The molecule has 1 N–H and O–H groups in total. The van der Waals surface area contributed by atoms with Crippen LogP contribution in [0.5, 0.6) is 11.5 Å². The summed E-state index contributed by atoms with van der Waals surface area (Å²) in [5.41, 5.74) is 6.09. The van der Waals surface area contributed by atoms with Crippen LogP contribution in [-0.2, 0) is 10.3 Å². The van der Waals surface area contributed by atoms with Gasteiger partial charge in [0.25, 0.3) is 0 Å². The summed E-state index contributed by atoms with van der Waals surface area (Å²) < 4.78 is 12.9. The van der Waals surface area contributed by atoms with Gasteiger partial charge < -0.3 is 19.7 Å². The first-order valence-electron chi connectivity index (χ1n) is 12.4. The molecule has 4 aromatic carbocycles. The van der Waals surface area contributed by atoms with E-state index in [1.54, 1.807) is 0 Å². The number of carbonyl (C=O) groups excluding carboxylic acids is 1. The number of fused-ring (bicyclic) bond motifs is 6. The quantitative estimate of drug-likeness (QED) is 0.310. The maximum Gasteiger partial charge on any atom is 0.340 e. The van der Waals surface area contributed by atoms with Crippen molar-refractivity contribution < 1.29 is 14.3 Å². The number of esters is 1. The summed E-state index contributed by atoms with van der Waals surface area (Å²) in [4.78, 5) is 15.5. The first-order chi connectivity index (χ1) is 17.5. The molecule has 4 aromatic rings. The number of aryl methyl sites for hydroxylation is 1. The van der Waals surface area contributed by atoms with Gasteiger partial charge in [-0.15, -0.1) is 0 Å². The van der Waals surface area contributed by atoms with Gasteiger partial charge in [0.2, 0.25) is 0 Å². The zero-order valence-corrected chi connectivity index (χ0v) is 20.7. The van der Waals surface area contributed by atoms with Gasteiger partial charge in [0.1, 0.15) is 11.5 Å². The molecule has 5 nitrogen and oxygen atoms in total. The summed E-state index contributed by atoms with van der Waals surface area (Å²) in [7, 11) is 0. The Balaban J connectivity index is 1.58. The second-order valence-electron chi connectivity index (χ2n) is 9.23. The van der Waals surface area contributed by atoms with Crippen molar-refractivity contribution in [1.29, 1.82) is 0 Å². The van der Waals surface area contributed by atoms with Crippen molar-refractivity contribution in [3.63, 3.8) is 0 Å². The van der Waals surface area contributed by atoms with Crippen LogP contribution in [0.25, 0.3) is 0 Å². The molecule has 36 heavy (non-hydrogen) atoms. The van der Waals surface area contributed by atoms with Gasteiger partial charge in [-0.1, -0.05) is 36.4 Å². The van der Waals surface area contributed by atoms with Gasteiger partial charge in [-0.25, -0.2) is 4.79 Å². The normalized spacial score (nSPS) is 17.0. The van der Waals surface area contributed by atoms with Crippen molar-refractivity contribution in [2.45, 2.75) is 26.4 Å². The summed E-state index contributed by atoms with van der Waals surface area (Å²) >= 11 is 0. The molecule has 0 aromatic heterocycles. The summed E-state index contributed by atoms with van der Waals surface area (Å²) in [6.07, 6.45) is 0. The molecule has 5 heteroatoms. The predicted octanol–water partition coefficient (Wildman–Crippen LogP) is 7.15. The molecule has 0 aliphatic carbocycles. The van der Waals surface area contributed by atoms with E-state index < -0.39 is 5.60 Å². The van der Waals surface area contributed by atoms with Crippen LogP contribution in [-0.4, -0.2) is 19.1 Å². The lowest BCUT2D eigenvalue weighted by atomic mass is 9.77. The predicted molar refractivity (Wildman–Crippen MR) is 143 cm³/mol. The molecule has 1 unspecified atom stereocenters. The maximum atomic E-state index is 13.2. The van der Waals surface area contributed by atoms with E-state index >= 15 is 0 Å². The number of para-hydroxylation sites is 1. The Labute approximate surface area is 211 Å². The molecule has 0 saturated heterocycles. The summed E-state index contributed by atoms with van der Waals surface area (Å²) in [5.74, 6) is 1.05. The molecule has 2 aliphatic heterocycles. The van der Waals surface area contributed by atoms with Crippen LogP contribution in [0.15, 0.2) is 84.9 Å². The molecule has 0 radical (unpaired) electrons. The summed E-state index contributed by atoms with van der Waals surface area (Å²) in [6.45, 7) is 8.09. The molecular formula is C31H28N2O3. The van der Waals surface area contributed by atoms with Crippen LogP contribution in [0.3, 0.4) is 0 Å². The molecule has 1 atom stereocenters. The fourth-order valence-corrected chi connectivity index (χ4v) is 5.41. The highest BCUT2D eigenvalue weighted by Gasteiger charge is 2.53. The van der Waals surface area contributed by atoms with Crippen molar-refractivity contribution in [3.05, 3.63) is 113 Å². The Morgan fingerprint density at radius 3 is 2.31 bits per heavy atom. The van der Waals surface area contributed by atoms with Gasteiger partial charge in [0.05, 0.1) is 5.56 Å². The Morgan fingerprint density at radius 2 is 1.53 bits per heavy atom.